The van der Waals surface area contributed by atoms with Gasteiger partial charge in [-0.25, -0.2) is 0 Å². The summed E-state index contributed by atoms with van der Waals surface area (Å²) in [7, 11) is 0. The van der Waals surface area contributed by atoms with Gasteiger partial charge in [-0.15, -0.1) is 0 Å². The number of hydrogen-bond acceptors (Lipinski definition) is 4. The van der Waals surface area contributed by atoms with Crippen LogP contribution < -0.4 is 10.6 Å². The molecule has 4 rings (SSSR count). The number of amides is 2. The molecule has 6 heteroatoms. The van der Waals surface area contributed by atoms with Crippen LogP contribution in [0.2, 0.25) is 0 Å². The molecule has 2 atom stereocenters. The lowest BCUT2D eigenvalue weighted by Gasteiger charge is -2.42. The molecule has 300 valence electrons. The van der Waals surface area contributed by atoms with Crippen molar-refractivity contribution >= 4 is 33.4 Å². The molecule has 0 fully saturated rings. The Labute approximate surface area is 331 Å². The van der Waals surface area contributed by atoms with Gasteiger partial charge in [0, 0.05) is 0 Å². The number of carbonyl (C=O) groups is 2. The quantitative estimate of drug-likeness (QED) is 0.0536. The van der Waals surface area contributed by atoms with Crippen molar-refractivity contribution in [3.8, 4) is 0 Å². The molecule has 2 amide bonds. The number of carbonyl (C=O) groups excluding carboxylic acids is 2. The number of hydrogen-bond donors (Lipinski definition) is 4. The maximum absolute atomic E-state index is 15.4. The standard InChI is InChI=1S/C49H70N2O4/c1-7-13-33-48(54,34-14-8-2)43(41-29-21-25-37-23-17-19-27-39(37)41)50-45(52)47(31-11-5,32-12-6)46(53)51-44(49(55,35-15-9-3)36-16-10-4)42-30-22-26-38-24-18-20-28-40(38)42/h17-30,43-44,54-55H,7-16,31-36H2,1-6H3,(H,50,52)(H,51,53)/t43-,44-/m0/s1. The zero-order chi connectivity index (χ0) is 39.9. The van der Waals surface area contributed by atoms with Gasteiger partial charge in [0.25, 0.3) is 0 Å². The Morgan fingerprint density at radius 2 is 0.800 bits per heavy atom. The first kappa shape index (κ1) is 44.0. The summed E-state index contributed by atoms with van der Waals surface area (Å²) in [5.41, 5.74) is -2.14. The van der Waals surface area contributed by atoms with E-state index >= 15 is 9.59 Å². The number of unbranched alkanes of at least 4 members (excludes halogenated alkanes) is 4. The molecular weight excluding hydrogens is 681 g/mol. The van der Waals surface area contributed by atoms with E-state index in [0.717, 1.165) is 84.0 Å². The SMILES string of the molecule is CCCCC(O)(CCCC)[C@@H](NC(=O)C(CCC)(CCC)C(=O)N[C@@H](c1cccc2ccccc12)C(O)(CCCC)CCCC)c1cccc2ccccc12. The highest BCUT2D eigenvalue weighted by Gasteiger charge is 2.50. The third-order valence-electron chi connectivity index (χ3n) is 12.0. The van der Waals surface area contributed by atoms with Crippen LogP contribution >= 0.6 is 0 Å². The molecule has 4 aromatic rings. The number of nitrogens with one attached hydrogen (secondary N) is 2. The van der Waals surface area contributed by atoms with E-state index in [1.807, 2.05) is 62.4 Å². The molecule has 0 bridgehead atoms. The van der Waals surface area contributed by atoms with Crippen molar-refractivity contribution in [2.45, 2.75) is 168 Å². The van der Waals surface area contributed by atoms with E-state index in [9.17, 15) is 10.2 Å². The average molecular weight is 751 g/mol. The summed E-state index contributed by atoms with van der Waals surface area (Å²) in [6.07, 6.45) is 10.9. The van der Waals surface area contributed by atoms with E-state index < -0.39 is 28.7 Å². The van der Waals surface area contributed by atoms with Gasteiger partial charge in [-0.3, -0.25) is 9.59 Å². The smallest absolute Gasteiger partial charge is 0.236 e. The first-order chi connectivity index (χ1) is 26.6. The summed E-state index contributed by atoms with van der Waals surface area (Å²) >= 11 is 0. The molecule has 4 N–H and O–H groups in total. The zero-order valence-corrected chi connectivity index (χ0v) is 34.8. The van der Waals surface area contributed by atoms with E-state index in [0.29, 0.717) is 51.4 Å². The van der Waals surface area contributed by atoms with Crippen LogP contribution in [0.25, 0.3) is 21.5 Å². The summed E-state index contributed by atoms with van der Waals surface area (Å²) in [5.74, 6) is -0.722. The number of benzene rings is 4. The van der Waals surface area contributed by atoms with Crippen molar-refractivity contribution < 1.29 is 19.8 Å². The molecule has 0 saturated carbocycles. The average Bonchev–Trinajstić information content (AvgIpc) is 3.21. The van der Waals surface area contributed by atoms with Crippen molar-refractivity contribution in [1.29, 1.82) is 0 Å². The predicted octanol–water partition coefficient (Wildman–Crippen LogP) is 11.8. The van der Waals surface area contributed by atoms with Crippen LogP contribution in [0, 0.1) is 5.41 Å². The summed E-state index contributed by atoms with van der Waals surface area (Å²) in [6.45, 7) is 12.5. The Kier molecular flexibility index (Phi) is 16.8. The fourth-order valence-electron chi connectivity index (χ4n) is 8.84. The van der Waals surface area contributed by atoms with Crippen LogP contribution in [0.5, 0.6) is 0 Å². The molecule has 0 aliphatic heterocycles. The first-order valence-electron chi connectivity index (χ1n) is 21.6. The monoisotopic (exact) mass is 751 g/mol. The van der Waals surface area contributed by atoms with Crippen molar-refractivity contribution in [2.75, 3.05) is 0 Å². The van der Waals surface area contributed by atoms with Gasteiger partial charge in [0.2, 0.25) is 11.8 Å². The maximum Gasteiger partial charge on any atom is 0.236 e. The van der Waals surface area contributed by atoms with E-state index in [4.69, 9.17) is 0 Å². The van der Waals surface area contributed by atoms with E-state index in [1.54, 1.807) is 0 Å². The van der Waals surface area contributed by atoms with Crippen molar-refractivity contribution in [3.05, 3.63) is 96.1 Å². The fraction of sp³-hybridized carbons (Fsp3) is 0.551. The second-order valence-corrected chi connectivity index (χ2v) is 16.2. The molecule has 0 saturated heterocycles. The highest BCUT2D eigenvalue weighted by molar-refractivity contribution is 6.05. The second-order valence-electron chi connectivity index (χ2n) is 16.2. The van der Waals surface area contributed by atoms with E-state index in [-0.39, 0.29) is 11.8 Å². The third kappa shape index (κ3) is 10.4. The Balaban J connectivity index is 1.89. The predicted molar refractivity (Wildman–Crippen MR) is 230 cm³/mol. The molecule has 55 heavy (non-hydrogen) atoms. The largest absolute Gasteiger partial charge is 0.387 e. The molecule has 0 aromatic heterocycles. The summed E-state index contributed by atoms with van der Waals surface area (Å²) in [4.78, 5) is 30.8. The molecule has 0 heterocycles. The number of rotatable bonds is 24. The summed E-state index contributed by atoms with van der Waals surface area (Å²) in [6, 6.07) is 27.0. The first-order valence-corrected chi connectivity index (χ1v) is 21.6. The van der Waals surface area contributed by atoms with Gasteiger partial charge in [0.1, 0.15) is 5.41 Å². The van der Waals surface area contributed by atoms with Crippen molar-refractivity contribution in [1.82, 2.24) is 10.6 Å². The van der Waals surface area contributed by atoms with Gasteiger partial charge < -0.3 is 20.8 Å². The minimum Gasteiger partial charge on any atom is -0.387 e. The Morgan fingerprint density at radius 3 is 1.13 bits per heavy atom. The summed E-state index contributed by atoms with van der Waals surface area (Å²) < 4.78 is 0. The number of fused-ring (bicyclic) bond motifs is 2. The van der Waals surface area contributed by atoms with Crippen molar-refractivity contribution in [2.24, 2.45) is 5.41 Å². The molecule has 0 radical (unpaired) electrons. The minimum atomic E-state index is -1.43. The lowest BCUT2D eigenvalue weighted by molar-refractivity contribution is -0.149. The Morgan fingerprint density at radius 1 is 0.473 bits per heavy atom. The minimum absolute atomic E-state index is 0.341. The molecule has 0 spiro atoms. The van der Waals surface area contributed by atoms with Gasteiger partial charge in [-0.05, 0) is 71.2 Å². The summed E-state index contributed by atoms with van der Waals surface area (Å²) in [5, 5.41) is 36.4. The Bertz CT molecular complexity index is 1640. The lowest BCUT2D eigenvalue weighted by atomic mass is 9.73. The van der Waals surface area contributed by atoms with Gasteiger partial charge in [-0.2, -0.15) is 0 Å². The molecule has 0 unspecified atom stereocenters. The molecular formula is C49H70N2O4. The second kappa shape index (κ2) is 21.0. The van der Waals surface area contributed by atoms with Crippen LogP contribution in [0.4, 0.5) is 0 Å². The topological polar surface area (TPSA) is 98.7 Å². The highest BCUT2D eigenvalue weighted by atomic mass is 16.3. The van der Waals surface area contributed by atoms with E-state index in [2.05, 4.69) is 74.7 Å². The normalized spacial score (nSPS) is 13.5. The third-order valence-corrected chi connectivity index (χ3v) is 12.0. The molecule has 4 aromatic carbocycles. The van der Waals surface area contributed by atoms with E-state index in [1.165, 1.54) is 0 Å². The zero-order valence-electron chi connectivity index (χ0n) is 34.8. The lowest BCUT2D eigenvalue weighted by Crippen LogP contribution is -2.57. The van der Waals surface area contributed by atoms with Crippen molar-refractivity contribution in [3.63, 3.8) is 0 Å². The number of aliphatic hydroxyl groups is 2. The van der Waals surface area contributed by atoms with Gasteiger partial charge in [-0.1, -0.05) is 191 Å². The van der Waals surface area contributed by atoms with Crippen LogP contribution in [-0.4, -0.2) is 33.2 Å². The maximum atomic E-state index is 15.4. The molecule has 0 aliphatic rings. The van der Waals surface area contributed by atoms with Gasteiger partial charge in [0.15, 0.2) is 0 Å². The highest BCUT2D eigenvalue weighted by Crippen LogP contribution is 2.43. The van der Waals surface area contributed by atoms with Crippen LogP contribution in [0.1, 0.15) is 167 Å². The molecule has 0 aliphatic carbocycles. The fourth-order valence-corrected chi connectivity index (χ4v) is 8.84. The van der Waals surface area contributed by atoms with Gasteiger partial charge in [0.05, 0.1) is 23.3 Å². The van der Waals surface area contributed by atoms with Gasteiger partial charge >= 0.3 is 0 Å². The van der Waals surface area contributed by atoms with Crippen LogP contribution in [0.3, 0.4) is 0 Å². The molecule has 6 nitrogen and oxygen atoms in total. The van der Waals surface area contributed by atoms with Crippen LogP contribution in [0.15, 0.2) is 84.9 Å². The van der Waals surface area contributed by atoms with Crippen LogP contribution in [-0.2, 0) is 9.59 Å². The Hall–Kier alpha value is -3.74.